The van der Waals surface area contributed by atoms with Crippen LogP contribution >= 0.6 is 23.6 Å². The summed E-state index contributed by atoms with van der Waals surface area (Å²) in [4.78, 5) is 5.63. The molecular weight excluding hydrogens is 316 g/mol. The Labute approximate surface area is 138 Å². The minimum absolute atomic E-state index is 0.325. The van der Waals surface area contributed by atoms with E-state index >= 15 is 0 Å². The molecule has 1 aliphatic rings. The first kappa shape index (κ1) is 15.1. The fourth-order valence-corrected chi connectivity index (χ4v) is 3.79. The van der Waals surface area contributed by atoms with Gasteiger partial charge in [-0.15, -0.1) is 11.3 Å². The number of nitrogens with zero attached hydrogens (tertiary/aromatic N) is 1. The molecule has 1 atom stereocenters. The number of aryl methyl sites for hydroxylation is 1. The van der Waals surface area contributed by atoms with Gasteiger partial charge in [-0.3, -0.25) is 0 Å². The molecule has 4 N–H and O–H groups in total. The van der Waals surface area contributed by atoms with E-state index in [0.717, 1.165) is 36.4 Å². The van der Waals surface area contributed by atoms with Crippen molar-refractivity contribution in [1.82, 2.24) is 10.3 Å². The number of thiocarbonyl (C=S) groups is 1. The number of hydrogen-bond donors (Lipinski definition) is 3. The molecule has 116 valence electrons. The van der Waals surface area contributed by atoms with E-state index in [1.165, 1.54) is 4.88 Å². The number of ether oxygens (including phenoxy) is 1. The Morgan fingerprint density at radius 1 is 1.41 bits per heavy atom. The molecule has 1 aliphatic carbocycles. The van der Waals surface area contributed by atoms with Gasteiger partial charge >= 0.3 is 0 Å². The average Bonchev–Trinajstić information content (AvgIpc) is 2.87. The predicted octanol–water partition coefficient (Wildman–Crippen LogP) is 2.58. The van der Waals surface area contributed by atoms with E-state index in [-0.39, 0.29) is 0 Å². The maximum Gasteiger partial charge on any atom is 0.180 e. The summed E-state index contributed by atoms with van der Waals surface area (Å²) in [5.41, 5.74) is 7.86. The molecule has 0 saturated heterocycles. The minimum Gasteiger partial charge on any atom is -0.497 e. The fourth-order valence-electron chi connectivity index (χ4n) is 2.55. The zero-order chi connectivity index (χ0) is 15.5. The number of fused-ring (bicyclic) bond motifs is 1. The molecule has 0 amide bonds. The van der Waals surface area contributed by atoms with Gasteiger partial charge in [0.15, 0.2) is 10.2 Å². The van der Waals surface area contributed by atoms with Crippen molar-refractivity contribution in [2.24, 2.45) is 0 Å². The number of nitrogens with one attached hydrogen (secondary N) is 2. The number of thiazole rings is 1. The van der Waals surface area contributed by atoms with E-state index in [2.05, 4.69) is 15.6 Å². The number of nitrogen functional groups attached to an aromatic ring is 1. The number of nitrogens with two attached hydrogens (primary N) is 1. The van der Waals surface area contributed by atoms with Crippen LogP contribution in [0.1, 0.15) is 17.0 Å². The number of methoxy groups -OCH3 is 1. The number of anilines is 2. The van der Waals surface area contributed by atoms with Crippen LogP contribution < -0.4 is 21.1 Å². The summed E-state index contributed by atoms with van der Waals surface area (Å²) < 4.78 is 5.14. The first-order valence-electron chi connectivity index (χ1n) is 7.09. The van der Waals surface area contributed by atoms with Crippen LogP contribution in [-0.2, 0) is 12.8 Å². The molecule has 0 fully saturated rings. The first-order chi connectivity index (χ1) is 10.6. The van der Waals surface area contributed by atoms with Crippen molar-refractivity contribution in [2.75, 3.05) is 18.2 Å². The van der Waals surface area contributed by atoms with Crippen LogP contribution in [0.2, 0.25) is 0 Å². The van der Waals surface area contributed by atoms with Crippen molar-refractivity contribution in [3.8, 4) is 5.75 Å². The molecule has 1 heterocycles. The van der Waals surface area contributed by atoms with E-state index in [1.54, 1.807) is 18.4 Å². The molecule has 0 spiro atoms. The summed E-state index contributed by atoms with van der Waals surface area (Å²) in [6.45, 7) is 0. The Hall–Kier alpha value is -1.86. The lowest BCUT2D eigenvalue weighted by atomic mass is 9.98. The van der Waals surface area contributed by atoms with Crippen LogP contribution in [0.15, 0.2) is 24.3 Å². The van der Waals surface area contributed by atoms with Crippen LogP contribution in [0.3, 0.4) is 0 Å². The van der Waals surface area contributed by atoms with Gasteiger partial charge in [0, 0.05) is 23.0 Å². The predicted molar refractivity (Wildman–Crippen MR) is 94.7 cm³/mol. The van der Waals surface area contributed by atoms with Gasteiger partial charge < -0.3 is 21.1 Å². The van der Waals surface area contributed by atoms with Gasteiger partial charge in [0.25, 0.3) is 0 Å². The van der Waals surface area contributed by atoms with Crippen molar-refractivity contribution >= 4 is 39.5 Å². The van der Waals surface area contributed by atoms with Gasteiger partial charge in [0.05, 0.1) is 12.8 Å². The molecule has 22 heavy (non-hydrogen) atoms. The molecule has 0 unspecified atom stereocenters. The molecular formula is C15H18N4OS2. The maximum absolute atomic E-state index is 5.77. The van der Waals surface area contributed by atoms with E-state index in [9.17, 15) is 0 Å². The zero-order valence-electron chi connectivity index (χ0n) is 12.3. The molecule has 5 nitrogen and oxygen atoms in total. The average molecular weight is 334 g/mol. The summed E-state index contributed by atoms with van der Waals surface area (Å²) in [5.74, 6) is 0.826. The lowest BCUT2D eigenvalue weighted by Gasteiger charge is -2.24. The van der Waals surface area contributed by atoms with E-state index in [4.69, 9.17) is 22.7 Å². The molecule has 7 heteroatoms. The van der Waals surface area contributed by atoms with E-state index in [1.807, 2.05) is 24.3 Å². The second kappa shape index (κ2) is 6.50. The topological polar surface area (TPSA) is 72.2 Å². The highest BCUT2D eigenvalue weighted by atomic mass is 32.1. The van der Waals surface area contributed by atoms with Crippen molar-refractivity contribution < 1.29 is 4.74 Å². The molecule has 2 aromatic rings. The van der Waals surface area contributed by atoms with Crippen molar-refractivity contribution in [3.05, 3.63) is 34.8 Å². The Kier molecular flexibility index (Phi) is 4.44. The van der Waals surface area contributed by atoms with Crippen LogP contribution in [0, 0.1) is 0 Å². The highest BCUT2D eigenvalue weighted by Gasteiger charge is 2.22. The highest BCUT2D eigenvalue weighted by Crippen LogP contribution is 2.28. The molecule has 1 aromatic carbocycles. The van der Waals surface area contributed by atoms with Crippen molar-refractivity contribution in [2.45, 2.75) is 25.3 Å². The zero-order valence-corrected chi connectivity index (χ0v) is 13.9. The van der Waals surface area contributed by atoms with Crippen LogP contribution in [0.25, 0.3) is 0 Å². The SMILES string of the molecule is COc1ccc(NC(=S)N[C@H]2CCc3nc(N)sc3C2)cc1. The van der Waals surface area contributed by atoms with Gasteiger partial charge in [-0.2, -0.15) is 0 Å². The van der Waals surface area contributed by atoms with Crippen LogP contribution in [0.4, 0.5) is 10.8 Å². The largest absolute Gasteiger partial charge is 0.497 e. The van der Waals surface area contributed by atoms with Gasteiger partial charge in [0.1, 0.15) is 5.75 Å². The third-order valence-electron chi connectivity index (χ3n) is 3.64. The third-order valence-corrected chi connectivity index (χ3v) is 4.81. The van der Waals surface area contributed by atoms with Gasteiger partial charge in [-0.25, -0.2) is 4.98 Å². The summed E-state index contributed by atoms with van der Waals surface area (Å²) in [5, 5.41) is 7.86. The molecule has 0 saturated carbocycles. The van der Waals surface area contributed by atoms with Crippen molar-refractivity contribution in [3.63, 3.8) is 0 Å². The summed E-state index contributed by atoms with van der Waals surface area (Å²) >= 11 is 6.97. The van der Waals surface area contributed by atoms with E-state index < -0.39 is 0 Å². The highest BCUT2D eigenvalue weighted by molar-refractivity contribution is 7.80. The summed E-state index contributed by atoms with van der Waals surface area (Å²) in [6, 6.07) is 8.01. The molecule has 0 bridgehead atoms. The summed E-state index contributed by atoms with van der Waals surface area (Å²) in [7, 11) is 1.65. The number of aromatic nitrogens is 1. The van der Waals surface area contributed by atoms with Gasteiger partial charge in [-0.1, -0.05) is 0 Å². The van der Waals surface area contributed by atoms with Gasteiger partial charge in [0.2, 0.25) is 0 Å². The number of benzene rings is 1. The van der Waals surface area contributed by atoms with Crippen molar-refractivity contribution in [1.29, 1.82) is 0 Å². The lowest BCUT2D eigenvalue weighted by Crippen LogP contribution is -2.40. The minimum atomic E-state index is 0.325. The Morgan fingerprint density at radius 3 is 2.91 bits per heavy atom. The number of rotatable bonds is 3. The Bertz CT molecular complexity index is 669. The van der Waals surface area contributed by atoms with Gasteiger partial charge in [-0.05, 0) is 49.3 Å². The van der Waals surface area contributed by atoms with E-state index in [0.29, 0.717) is 16.3 Å². The molecule has 1 aromatic heterocycles. The second-order valence-corrected chi connectivity index (χ2v) is 6.71. The molecule has 3 rings (SSSR count). The lowest BCUT2D eigenvalue weighted by molar-refractivity contribution is 0.415. The van der Waals surface area contributed by atoms with Crippen LogP contribution in [0.5, 0.6) is 5.75 Å². The second-order valence-electron chi connectivity index (χ2n) is 5.19. The third kappa shape index (κ3) is 3.48. The Morgan fingerprint density at radius 2 is 2.18 bits per heavy atom. The fraction of sp³-hybridized carbons (Fsp3) is 0.333. The smallest absolute Gasteiger partial charge is 0.180 e. The quantitative estimate of drug-likeness (QED) is 0.750. The van der Waals surface area contributed by atoms with Crippen LogP contribution in [-0.4, -0.2) is 23.2 Å². The molecule has 0 aliphatic heterocycles. The first-order valence-corrected chi connectivity index (χ1v) is 8.32. The maximum atomic E-state index is 5.77. The standard InChI is InChI=1S/C15H18N4OS2/c1-20-11-5-2-9(3-6-11)17-15(21)18-10-4-7-12-13(8-10)22-14(16)19-12/h2-3,5-6,10H,4,7-8H2,1H3,(H2,16,19)(H2,17,18,21)/t10-/m0/s1. The normalized spacial score (nSPS) is 16.7. The Balaban J connectivity index is 1.55. The monoisotopic (exact) mass is 334 g/mol. The number of hydrogen-bond acceptors (Lipinski definition) is 5. The molecule has 0 radical (unpaired) electrons. The summed E-state index contributed by atoms with van der Waals surface area (Å²) in [6.07, 6.45) is 2.89.